The molecule has 0 spiro atoms. The van der Waals surface area contributed by atoms with Crippen molar-refractivity contribution in [3.05, 3.63) is 29.3 Å². The van der Waals surface area contributed by atoms with Crippen molar-refractivity contribution < 1.29 is 14.2 Å². The minimum Gasteiger partial charge on any atom is -0.496 e. The third-order valence-electron chi connectivity index (χ3n) is 2.37. The summed E-state index contributed by atoms with van der Waals surface area (Å²) in [6, 6.07) is 3.83. The van der Waals surface area contributed by atoms with Crippen LogP contribution in [-0.2, 0) is 11.3 Å². The summed E-state index contributed by atoms with van der Waals surface area (Å²) in [6.45, 7) is 0.978. The van der Waals surface area contributed by atoms with Crippen LogP contribution in [0.2, 0.25) is 0 Å². The summed E-state index contributed by atoms with van der Waals surface area (Å²) in [5.41, 5.74) is 7.33. The van der Waals surface area contributed by atoms with Gasteiger partial charge in [0.1, 0.15) is 11.5 Å². The van der Waals surface area contributed by atoms with Gasteiger partial charge in [-0.3, -0.25) is 0 Å². The molecule has 1 rings (SSSR count). The Bertz CT molecular complexity index is 388. The lowest BCUT2D eigenvalue weighted by Crippen LogP contribution is -1.98. The van der Waals surface area contributed by atoms with Crippen LogP contribution < -0.4 is 15.2 Å². The third-order valence-corrected chi connectivity index (χ3v) is 2.37. The molecule has 0 atom stereocenters. The van der Waals surface area contributed by atoms with Gasteiger partial charge in [-0.25, -0.2) is 0 Å². The van der Waals surface area contributed by atoms with Gasteiger partial charge in [0, 0.05) is 24.8 Å². The Labute approximate surface area is 102 Å². The van der Waals surface area contributed by atoms with Crippen molar-refractivity contribution in [3.8, 4) is 11.5 Å². The molecule has 0 aromatic heterocycles. The highest BCUT2D eigenvalue weighted by atomic mass is 16.5. The molecule has 0 unspecified atom stereocenters. The van der Waals surface area contributed by atoms with Crippen molar-refractivity contribution in [1.82, 2.24) is 0 Å². The molecule has 4 heteroatoms. The summed E-state index contributed by atoms with van der Waals surface area (Å²) in [5, 5.41) is 0. The number of ether oxygens (including phenoxy) is 3. The van der Waals surface area contributed by atoms with Gasteiger partial charge in [-0.05, 0) is 12.1 Å². The molecule has 1 aromatic carbocycles. The summed E-state index contributed by atoms with van der Waals surface area (Å²) in [7, 11) is 4.92. The van der Waals surface area contributed by atoms with Gasteiger partial charge in [0.2, 0.25) is 0 Å². The Balaban J connectivity index is 3.17. The van der Waals surface area contributed by atoms with Gasteiger partial charge in [-0.1, -0.05) is 12.2 Å². The van der Waals surface area contributed by atoms with E-state index in [0.29, 0.717) is 13.2 Å². The second-order valence-corrected chi connectivity index (χ2v) is 3.48. The summed E-state index contributed by atoms with van der Waals surface area (Å²) in [6.07, 6.45) is 3.78. The zero-order chi connectivity index (χ0) is 12.7. The molecule has 0 aliphatic heterocycles. The minimum atomic E-state index is 0.487. The van der Waals surface area contributed by atoms with Crippen LogP contribution in [0.5, 0.6) is 11.5 Å². The first-order chi connectivity index (χ1) is 8.26. The first-order valence-electron chi connectivity index (χ1n) is 5.37. The second-order valence-electron chi connectivity index (χ2n) is 3.48. The molecule has 1 aromatic rings. The number of hydrogen-bond donors (Lipinski definition) is 1. The summed E-state index contributed by atoms with van der Waals surface area (Å²) < 4.78 is 15.8. The maximum Gasteiger partial charge on any atom is 0.126 e. The number of hydrogen-bond acceptors (Lipinski definition) is 4. The van der Waals surface area contributed by atoms with E-state index in [4.69, 9.17) is 19.9 Å². The van der Waals surface area contributed by atoms with Gasteiger partial charge < -0.3 is 19.9 Å². The predicted molar refractivity (Wildman–Crippen MR) is 68.3 cm³/mol. The van der Waals surface area contributed by atoms with Crippen molar-refractivity contribution >= 4 is 6.08 Å². The van der Waals surface area contributed by atoms with Crippen LogP contribution >= 0.6 is 0 Å². The summed E-state index contributed by atoms with van der Waals surface area (Å²) in [5.74, 6) is 1.56. The first kappa shape index (κ1) is 13.5. The largest absolute Gasteiger partial charge is 0.496 e. The molecule has 94 valence electrons. The van der Waals surface area contributed by atoms with Crippen LogP contribution in [0.3, 0.4) is 0 Å². The van der Waals surface area contributed by atoms with Gasteiger partial charge in [-0.15, -0.1) is 0 Å². The Hall–Kier alpha value is -1.52. The summed E-state index contributed by atoms with van der Waals surface area (Å²) in [4.78, 5) is 0. The quantitative estimate of drug-likeness (QED) is 0.820. The van der Waals surface area contributed by atoms with Gasteiger partial charge in [0.05, 0.1) is 20.8 Å². The summed E-state index contributed by atoms with van der Waals surface area (Å²) >= 11 is 0. The zero-order valence-corrected chi connectivity index (χ0v) is 10.5. The van der Waals surface area contributed by atoms with E-state index in [1.54, 1.807) is 21.3 Å². The molecule has 0 fully saturated rings. The highest BCUT2D eigenvalue weighted by Gasteiger charge is 2.09. The lowest BCUT2D eigenvalue weighted by molar-refractivity contribution is 0.181. The average molecular weight is 237 g/mol. The van der Waals surface area contributed by atoms with Crippen LogP contribution in [0.1, 0.15) is 11.1 Å². The van der Waals surface area contributed by atoms with Crippen LogP contribution in [-0.4, -0.2) is 27.9 Å². The van der Waals surface area contributed by atoms with Crippen molar-refractivity contribution in [1.29, 1.82) is 0 Å². The van der Waals surface area contributed by atoms with Gasteiger partial charge in [0.25, 0.3) is 0 Å². The SMILES string of the molecule is COCc1cc(OC)c(/C=C/CN)cc1OC. The Morgan fingerprint density at radius 2 is 1.82 bits per heavy atom. The van der Waals surface area contributed by atoms with Crippen LogP contribution in [0, 0.1) is 0 Å². The monoisotopic (exact) mass is 237 g/mol. The van der Waals surface area contributed by atoms with Crippen molar-refractivity contribution in [3.63, 3.8) is 0 Å². The highest BCUT2D eigenvalue weighted by Crippen LogP contribution is 2.30. The maximum atomic E-state index is 5.44. The Morgan fingerprint density at radius 1 is 1.12 bits per heavy atom. The highest BCUT2D eigenvalue weighted by molar-refractivity contribution is 5.61. The lowest BCUT2D eigenvalue weighted by Gasteiger charge is -2.12. The fourth-order valence-electron chi connectivity index (χ4n) is 1.58. The molecular weight excluding hydrogens is 218 g/mol. The first-order valence-corrected chi connectivity index (χ1v) is 5.37. The molecule has 4 nitrogen and oxygen atoms in total. The van der Waals surface area contributed by atoms with Crippen molar-refractivity contribution in [2.75, 3.05) is 27.9 Å². The third kappa shape index (κ3) is 3.47. The maximum absolute atomic E-state index is 5.44. The van der Waals surface area contributed by atoms with Crippen molar-refractivity contribution in [2.24, 2.45) is 5.73 Å². The second kappa shape index (κ2) is 6.93. The van der Waals surface area contributed by atoms with Crippen LogP contribution in [0.15, 0.2) is 18.2 Å². The molecular formula is C13H19NO3. The average Bonchev–Trinajstić information content (AvgIpc) is 2.36. The van der Waals surface area contributed by atoms with E-state index in [0.717, 1.165) is 22.6 Å². The topological polar surface area (TPSA) is 53.7 Å². The van der Waals surface area contributed by atoms with E-state index in [9.17, 15) is 0 Å². The van der Waals surface area contributed by atoms with Gasteiger partial charge in [-0.2, -0.15) is 0 Å². The molecule has 0 bridgehead atoms. The van der Waals surface area contributed by atoms with E-state index in [-0.39, 0.29) is 0 Å². The molecule has 2 N–H and O–H groups in total. The Morgan fingerprint density at radius 3 is 2.35 bits per heavy atom. The van der Waals surface area contributed by atoms with E-state index in [2.05, 4.69) is 0 Å². The molecule has 0 aliphatic rings. The number of rotatable bonds is 6. The van der Waals surface area contributed by atoms with E-state index >= 15 is 0 Å². The number of methoxy groups -OCH3 is 3. The fourth-order valence-corrected chi connectivity index (χ4v) is 1.58. The number of benzene rings is 1. The van der Waals surface area contributed by atoms with Crippen LogP contribution in [0.25, 0.3) is 6.08 Å². The Kier molecular flexibility index (Phi) is 5.52. The minimum absolute atomic E-state index is 0.487. The predicted octanol–water partition coefficient (Wildman–Crippen LogP) is 1.82. The number of nitrogens with two attached hydrogens (primary N) is 1. The van der Waals surface area contributed by atoms with E-state index < -0.39 is 0 Å². The zero-order valence-electron chi connectivity index (χ0n) is 10.5. The lowest BCUT2D eigenvalue weighted by atomic mass is 10.1. The molecule has 0 amide bonds. The smallest absolute Gasteiger partial charge is 0.126 e. The molecule has 0 radical (unpaired) electrons. The molecule has 0 heterocycles. The van der Waals surface area contributed by atoms with E-state index in [1.165, 1.54) is 0 Å². The molecule has 0 aliphatic carbocycles. The molecule has 0 saturated carbocycles. The standard InChI is InChI=1S/C13H19NO3/c1-15-9-11-8-12(16-2)10(5-4-6-14)7-13(11)17-3/h4-5,7-8H,6,9,14H2,1-3H3/b5-4+. The molecule has 17 heavy (non-hydrogen) atoms. The van der Waals surface area contributed by atoms with E-state index in [1.807, 2.05) is 24.3 Å². The van der Waals surface area contributed by atoms with Gasteiger partial charge in [0.15, 0.2) is 0 Å². The van der Waals surface area contributed by atoms with Crippen molar-refractivity contribution in [2.45, 2.75) is 6.61 Å². The molecule has 0 saturated heterocycles. The fraction of sp³-hybridized carbons (Fsp3) is 0.385. The van der Waals surface area contributed by atoms with Gasteiger partial charge >= 0.3 is 0 Å². The van der Waals surface area contributed by atoms with Crippen LogP contribution in [0.4, 0.5) is 0 Å². The normalized spacial score (nSPS) is 10.8.